The number of carbonyl (C=O) groups excluding carboxylic acids is 2. The zero-order chi connectivity index (χ0) is 17.8. The second-order valence-electron chi connectivity index (χ2n) is 5.75. The third kappa shape index (κ3) is 4.24. The Bertz CT molecular complexity index is 790. The van der Waals surface area contributed by atoms with Crippen LogP contribution in [-0.4, -0.2) is 58.3 Å². The second-order valence-corrected chi connectivity index (χ2v) is 6.19. The highest BCUT2D eigenvalue weighted by molar-refractivity contribution is 6.30. The summed E-state index contributed by atoms with van der Waals surface area (Å²) in [5, 5.41) is 3.75. The Kier molecular flexibility index (Phi) is 5.14. The molecule has 1 fully saturated rings. The van der Waals surface area contributed by atoms with Gasteiger partial charge in [-0.05, 0) is 25.1 Å². The van der Waals surface area contributed by atoms with E-state index in [9.17, 15) is 9.59 Å². The Labute approximate surface area is 150 Å². The van der Waals surface area contributed by atoms with Gasteiger partial charge in [-0.25, -0.2) is 9.97 Å². The van der Waals surface area contributed by atoms with Gasteiger partial charge in [0.15, 0.2) is 0 Å². The molecule has 3 rings (SSSR count). The van der Waals surface area contributed by atoms with Crippen molar-refractivity contribution < 1.29 is 9.59 Å². The number of halogens is 1. The fourth-order valence-corrected chi connectivity index (χ4v) is 2.84. The Morgan fingerprint density at radius 3 is 2.64 bits per heavy atom. The minimum Gasteiger partial charge on any atom is -0.342 e. The molecule has 2 amide bonds. The van der Waals surface area contributed by atoms with Gasteiger partial charge in [0.2, 0.25) is 6.41 Å². The van der Waals surface area contributed by atoms with Gasteiger partial charge in [0, 0.05) is 43.0 Å². The van der Waals surface area contributed by atoms with E-state index in [2.05, 4.69) is 15.3 Å². The molecular weight excluding hydrogens is 342 g/mol. The summed E-state index contributed by atoms with van der Waals surface area (Å²) in [5.41, 5.74) is 1.11. The highest BCUT2D eigenvalue weighted by Gasteiger charge is 2.23. The summed E-state index contributed by atoms with van der Waals surface area (Å²) in [6.07, 6.45) is 0.809. The molecular formula is C17H18ClN5O2. The molecule has 0 atom stereocenters. The maximum Gasteiger partial charge on any atom is 0.272 e. The van der Waals surface area contributed by atoms with Crippen LogP contribution in [0.15, 0.2) is 30.3 Å². The number of aromatic nitrogens is 2. The van der Waals surface area contributed by atoms with Gasteiger partial charge >= 0.3 is 0 Å². The quantitative estimate of drug-likeness (QED) is 0.846. The summed E-state index contributed by atoms with van der Waals surface area (Å²) in [4.78, 5) is 35.4. The molecule has 8 heteroatoms. The van der Waals surface area contributed by atoms with Crippen LogP contribution in [-0.2, 0) is 4.79 Å². The molecule has 2 aromatic rings. The maximum absolute atomic E-state index is 12.7. The summed E-state index contributed by atoms with van der Waals surface area (Å²) < 4.78 is 0. The van der Waals surface area contributed by atoms with Crippen molar-refractivity contribution in [1.29, 1.82) is 0 Å². The molecule has 1 aliphatic rings. The van der Waals surface area contributed by atoms with Crippen LogP contribution < -0.4 is 5.32 Å². The summed E-state index contributed by atoms with van der Waals surface area (Å²) in [7, 11) is 0. The van der Waals surface area contributed by atoms with Crippen LogP contribution in [0, 0.1) is 6.92 Å². The van der Waals surface area contributed by atoms with Gasteiger partial charge in [-0.3, -0.25) is 9.59 Å². The van der Waals surface area contributed by atoms with Gasteiger partial charge in [-0.1, -0.05) is 17.7 Å². The fourth-order valence-electron chi connectivity index (χ4n) is 2.65. The van der Waals surface area contributed by atoms with Crippen LogP contribution in [0.4, 0.5) is 11.5 Å². The Morgan fingerprint density at radius 1 is 1.20 bits per heavy atom. The molecule has 0 spiro atoms. The van der Waals surface area contributed by atoms with Crippen LogP contribution in [0.2, 0.25) is 5.02 Å². The van der Waals surface area contributed by atoms with Crippen molar-refractivity contribution in [1.82, 2.24) is 19.8 Å². The largest absolute Gasteiger partial charge is 0.342 e. The number of nitrogens with one attached hydrogen (secondary N) is 1. The summed E-state index contributed by atoms with van der Waals surface area (Å²) >= 11 is 5.99. The normalized spacial score (nSPS) is 14.3. The standard InChI is InChI=1S/C17H18ClN5O2/c1-12-19-15(17(25)23-7-5-22(11-24)6-8-23)10-16(20-12)21-14-4-2-3-13(18)9-14/h2-4,9-11H,5-8H2,1H3,(H,19,20,21). The van der Waals surface area contributed by atoms with E-state index in [1.54, 1.807) is 34.9 Å². The van der Waals surface area contributed by atoms with Crippen LogP contribution in [0.25, 0.3) is 0 Å². The molecule has 1 aromatic heterocycles. The molecule has 1 N–H and O–H groups in total. The molecule has 0 saturated carbocycles. The zero-order valence-corrected chi connectivity index (χ0v) is 14.5. The number of piperazine rings is 1. The molecule has 2 heterocycles. The monoisotopic (exact) mass is 359 g/mol. The molecule has 0 unspecified atom stereocenters. The van der Waals surface area contributed by atoms with Gasteiger partial charge in [-0.15, -0.1) is 0 Å². The maximum atomic E-state index is 12.7. The average molecular weight is 360 g/mol. The van der Waals surface area contributed by atoms with Crippen molar-refractivity contribution in [3.05, 3.63) is 46.9 Å². The third-order valence-electron chi connectivity index (χ3n) is 3.90. The van der Waals surface area contributed by atoms with E-state index in [0.29, 0.717) is 48.5 Å². The molecule has 0 aliphatic carbocycles. The summed E-state index contributed by atoms with van der Waals surface area (Å²) in [5.74, 6) is 0.872. The van der Waals surface area contributed by atoms with Gasteiger partial charge in [0.25, 0.3) is 5.91 Å². The lowest BCUT2D eigenvalue weighted by Gasteiger charge is -2.32. The van der Waals surface area contributed by atoms with Crippen molar-refractivity contribution in [2.45, 2.75) is 6.92 Å². The number of benzene rings is 1. The smallest absolute Gasteiger partial charge is 0.272 e. The van der Waals surface area contributed by atoms with Crippen molar-refractivity contribution in [3.63, 3.8) is 0 Å². The third-order valence-corrected chi connectivity index (χ3v) is 4.14. The minimum absolute atomic E-state index is 0.162. The number of carbonyl (C=O) groups is 2. The zero-order valence-electron chi connectivity index (χ0n) is 13.8. The highest BCUT2D eigenvalue weighted by atomic mass is 35.5. The van der Waals surface area contributed by atoms with E-state index in [1.807, 2.05) is 12.1 Å². The van der Waals surface area contributed by atoms with Gasteiger partial charge in [-0.2, -0.15) is 0 Å². The van der Waals surface area contributed by atoms with Gasteiger partial charge in [0.05, 0.1) is 0 Å². The first-order valence-electron chi connectivity index (χ1n) is 7.92. The van der Waals surface area contributed by atoms with E-state index < -0.39 is 0 Å². The van der Waals surface area contributed by atoms with Crippen molar-refractivity contribution in [3.8, 4) is 0 Å². The number of hydrogen-bond donors (Lipinski definition) is 1. The molecule has 130 valence electrons. The number of rotatable bonds is 4. The van der Waals surface area contributed by atoms with E-state index in [4.69, 9.17) is 11.6 Å². The Hall–Kier alpha value is -2.67. The van der Waals surface area contributed by atoms with Gasteiger partial charge in [0.1, 0.15) is 17.3 Å². The summed E-state index contributed by atoms with van der Waals surface area (Å²) in [6.45, 7) is 3.81. The Balaban J connectivity index is 1.77. The molecule has 1 saturated heterocycles. The van der Waals surface area contributed by atoms with Crippen molar-refractivity contribution in [2.75, 3.05) is 31.5 Å². The first-order valence-corrected chi connectivity index (χ1v) is 8.30. The lowest BCUT2D eigenvalue weighted by atomic mass is 10.2. The minimum atomic E-state index is -0.162. The number of hydrogen-bond acceptors (Lipinski definition) is 5. The molecule has 0 radical (unpaired) electrons. The molecule has 25 heavy (non-hydrogen) atoms. The Morgan fingerprint density at radius 2 is 1.96 bits per heavy atom. The van der Waals surface area contributed by atoms with Crippen LogP contribution in [0.3, 0.4) is 0 Å². The fraction of sp³-hybridized carbons (Fsp3) is 0.294. The highest BCUT2D eigenvalue weighted by Crippen LogP contribution is 2.20. The van der Waals surface area contributed by atoms with Crippen LogP contribution in [0.1, 0.15) is 16.3 Å². The number of aryl methyl sites for hydroxylation is 1. The lowest BCUT2D eigenvalue weighted by molar-refractivity contribution is -0.119. The van der Waals surface area contributed by atoms with E-state index in [-0.39, 0.29) is 5.91 Å². The number of amides is 2. The SMILES string of the molecule is Cc1nc(Nc2cccc(Cl)c2)cc(C(=O)N2CCN(C=O)CC2)n1. The lowest BCUT2D eigenvalue weighted by Crippen LogP contribution is -2.48. The first kappa shape index (κ1) is 17.2. The molecule has 1 aromatic carbocycles. The van der Waals surface area contributed by atoms with Crippen molar-refractivity contribution >= 4 is 35.4 Å². The predicted octanol–water partition coefficient (Wildman–Crippen LogP) is 2.10. The topological polar surface area (TPSA) is 78.4 Å². The second kappa shape index (κ2) is 7.48. The van der Waals surface area contributed by atoms with Crippen molar-refractivity contribution in [2.24, 2.45) is 0 Å². The first-order chi connectivity index (χ1) is 12.0. The van der Waals surface area contributed by atoms with E-state index in [1.165, 1.54) is 0 Å². The molecule has 1 aliphatic heterocycles. The number of nitrogens with zero attached hydrogens (tertiary/aromatic N) is 4. The van der Waals surface area contributed by atoms with E-state index in [0.717, 1.165) is 12.1 Å². The predicted molar refractivity (Wildman–Crippen MR) is 95.0 cm³/mol. The van der Waals surface area contributed by atoms with Crippen LogP contribution >= 0.6 is 11.6 Å². The molecule has 0 bridgehead atoms. The molecule has 7 nitrogen and oxygen atoms in total. The van der Waals surface area contributed by atoms with E-state index >= 15 is 0 Å². The summed E-state index contributed by atoms with van der Waals surface area (Å²) in [6, 6.07) is 8.88. The van der Waals surface area contributed by atoms with Gasteiger partial charge < -0.3 is 15.1 Å². The number of anilines is 2. The average Bonchev–Trinajstić information content (AvgIpc) is 2.60. The van der Waals surface area contributed by atoms with Crippen LogP contribution in [0.5, 0.6) is 0 Å².